The van der Waals surface area contributed by atoms with E-state index in [-0.39, 0.29) is 22.3 Å². The average Bonchev–Trinajstić information content (AvgIpc) is 2.59. The van der Waals surface area contributed by atoms with E-state index in [0.717, 1.165) is 5.56 Å². The van der Waals surface area contributed by atoms with Gasteiger partial charge < -0.3 is 15.1 Å². The summed E-state index contributed by atoms with van der Waals surface area (Å²) in [6, 6.07) is 9.03. The highest BCUT2D eigenvalue weighted by Gasteiger charge is 2.30. The van der Waals surface area contributed by atoms with Gasteiger partial charge in [-0.1, -0.05) is 18.2 Å². The van der Waals surface area contributed by atoms with Crippen LogP contribution in [0.1, 0.15) is 5.56 Å². The van der Waals surface area contributed by atoms with Crippen molar-refractivity contribution >= 4 is 23.5 Å². The summed E-state index contributed by atoms with van der Waals surface area (Å²) in [6.07, 6.45) is 3.29. The van der Waals surface area contributed by atoms with Gasteiger partial charge in [-0.25, -0.2) is 4.79 Å². The third-order valence-electron chi connectivity index (χ3n) is 3.55. The van der Waals surface area contributed by atoms with Crippen LogP contribution in [0.15, 0.2) is 53.7 Å². The Labute approximate surface area is 160 Å². The van der Waals surface area contributed by atoms with Gasteiger partial charge in [-0.15, -0.1) is 0 Å². The van der Waals surface area contributed by atoms with Gasteiger partial charge in [0.15, 0.2) is 0 Å². The van der Waals surface area contributed by atoms with Crippen LogP contribution in [0.4, 0.5) is 23.7 Å². The van der Waals surface area contributed by atoms with Crippen molar-refractivity contribution in [3.8, 4) is 0 Å². The minimum Gasteiger partial charge on any atom is -0.319 e. The van der Waals surface area contributed by atoms with E-state index in [9.17, 15) is 18.0 Å². The second-order valence-electron chi connectivity index (χ2n) is 6.06. The predicted molar refractivity (Wildman–Crippen MR) is 101 cm³/mol. The lowest BCUT2D eigenvalue weighted by Gasteiger charge is -2.25. The fourth-order valence-corrected chi connectivity index (χ4v) is 2.89. The number of nitrogens with one attached hydrogen (secondary N) is 1. The molecule has 0 fully saturated rings. The normalized spacial score (nSPS) is 11.5. The van der Waals surface area contributed by atoms with Crippen molar-refractivity contribution in [1.82, 2.24) is 14.8 Å². The maximum atomic E-state index is 12.7. The standard InChI is InChI=1S/C18H21F3N4OS/c1-24(2)10-11-25(13-14-6-5-9-22-12-14)17(26)23-15-7-3-4-8-16(15)27-18(19,20)21/h3-9,12H,10-11,13H2,1-2H3,(H,23,26). The topological polar surface area (TPSA) is 48.5 Å². The van der Waals surface area contributed by atoms with E-state index in [1.165, 1.54) is 18.2 Å². The first-order valence-corrected chi connectivity index (χ1v) is 9.00. The number of thioether (sulfide) groups is 1. The summed E-state index contributed by atoms with van der Waals surface area (Å²) in [5.41, 5.74) is -3.46. The molecule has 1 N–H and O–H groups in total. The Hall–Kier alpha value is -2.26. The largest absolute Gasteiger partial charge is 0.446 e. The van der Waals surface area contributed by atoms with Crippen LogP contribution in [0.2, 0.25) is 0 Å². The number of hydrogen-bond donors (Lipinski definition) is 1. The third kappa shape index (κ3) is 7.48. The third-order valence-corrected chi connectivity index (χ3v) is 4.36. The molecule has 0 saturated carbocycles. The maximum absolute atomic E-state index is 12.7. The Bertz CT molecular complexity index is 741. The predicted octanol–water partition coefficient (Wildman–Crippen LogP) is 4.29. The summed E-state index contributed by atoms with van der Waals surface area (Å²) in [6.45, 7) is 1.34. The molecule has 146 valence electrons. The van der Waals surface area contributed by atoms with Crippen LogP contribution < -0.4 is 5.32 Å². The van der Waals surface area contributed by atoms with Gasteiger partial charge in [0.05, 0.1) is 5.69 Å². The number of carbonyl (C=O) groups excluding carboxylic acids is 1. The fraction of sp³-hybridized carbons (Fsp3) is 0.333. The molecule has 0 atom stereocenters. The van der Waals surface area contributed by atoms with Gasteiger partial charge in [0.25, 0.3) is 0 Å². The molecule has 1 heterocycles. The minimum absolute atomic E-state index is 0.0488. The highest BCUT2D eigenvalue weighted by molar-refractivity contribution is 8.00. The van der Waals surface area contributed by atoms with Gasteiger partial charge in [0.1, 0.15) is 0 Å². The van der Waals surface area contributed by atoms with Gasteiger partial charge in [0.2, 0.25) is 0 Å². The Balaban J connectivity index is 2.15. The highest BCUT2D eigenvalue weighted by Crippen LogP contribution is 2.40. The zero-order valence-electron chi connectivity index (χ0n) is 15.0. The van der Waals surface area contributed by atoms with Gasteiger partial charge in [-0.3, -0.25) is 4.98 Å². The Morgan fingerprint density at radius 3 is 2.52 bits per heavy atom. The number of aromatic nitrogens is 1. The number of alkyl halides is 3. The molecule has 0 aliphatic carbocycles. The van der Waals surface area contributed by atoms with Crippen LogP contribution in [-0.2, 0) is 6.54 Å². The van der Waals surface area contributed by atoms with Crippen molar-refractivity contribution in [2.75, 3.05) is 32.5 Å². The molecule has 1 aromatic heterocycles. The molecule has 1 aromatic carbocycles. The molecule has 0 bridgehead atoms. The lowest BCUT2D eigenvalue weighted by atomic mass is 10.2. The van der Waals surface area contributed by atoms with Gasteiger partial charge in [-0.05, 0) is 49.6 Å². The zero-order chi connectivity index (χ0) is 19.9. The number of carbonyl (C=O) groups is 1. The Kier molecular flexibility index (Phi) is 7.49. The van der Waals surface area contributed by atoms with E-state index in [1.54, 1.807) is 29.4 Å². The Morgan fingerprint density at radius 1 is 1.15 bits per heavy atom. The molecular weight excluding hydrogens is 377 g/mol. The number of benzene rings is 1. The first-order chi connectivity index (χ1) is 12.7. The number of para-hydroxylation sites is 1. The lowest BCUT2D eigenvalue weighted by molar-refractivity contribution is -0.0328. The van der Waals surface area contributed by atoms with E-state index in [0.29, 0.717) is 19.6 Å². The number of likely N-dealkylation sites (N-methyl/N-ethyl adjacent to an activating group) is 1. The van der Waals surface area contributed by atoms with E-state index >= 15 is 0 Å². The quantitative estimate of drug-likeness (QED) is 0.707. The molecule has 0 radical (unpaired) electrons. The number of urea groups is 1. The molecule has 0 aliphatic rings. The molecule has 5 nitrogen and oxygen atoms in total. The number of halogens is 3. The summed E-state index contributed by atoms with van der Waals surface area (Å²) in [5.74, 6) is 0. The molecule has 0 saturated heterocycles. The summed E-state index contributed by atoms with van der Waals surface area (Å²) < 4.78 is 38.2. The number of rotatable bonds is 7. The summed E-state index contributed by atoms with van der Waals surface area (Å²) in [7, 11) is 3.77. The van der Waals surface area contributed by atoms with E-state index in [2.05, 4.69) is 10.3 Å². The Morgan fingerprint density at radius 2 is 1.89 bits per heavy atom. The fourth-order valence-electron chi connectivity index (χ4n) is 2.26. The molecule has 2 amide bonds. The summed E-state index contributed by atoms with van der Waals surface area (Å²) in [5, 5.41) is 2.60. The minimum atomic E-state index is -4.43. The number of nitrogens with zero attached hydrogens (tertiary/aromatic N) is 3. The number of amides is 2. The zero-order valence-corrected chi connectivity index (χ0v) is 15.8. The summed E-state index contributed by atoms with van der Waals surface area (Å²) >= 11 is -0.248. The molecule has 0 spiro atoms. The SMILES string of the molecule is CN(C)CCN(Cc1cccnc1)C(=O)Nc1ccccc1SC(F)(F)F. The van der Waals surface area contributed by atoms with Crippen LogP contribution in [-0.4, -0.2) is 53.5 Å². The second-order valence-corrected chi connectivity index (χ2v) is 7.17. The van der Waals surface area contributed by atoms with Crippen molar-refractivity contribution in [3.63, 3.8) is 0 Å². The van der Waals surface area contributed by atoms with E-state index < -0.39 is 11.5 Å². The molecular formula is C18H21F3N4OS. The monoisotopic (exact) mass is 398 g/mol. The van der Waals surface area contributed by atoms with E-state index in [1.807, 2.05) is 25.1 Å². The lowest BCUT2D eigenvalue weighted by Crippen LogP contribution is -2.39. The molecule has 2 rings (SSSR count). The van der Waals surface area contributed by atoms with Crippen LogP contribution in [0.25, 0.3) is 0 Å². The molecule has 0 unspecified atom stereocenters. The first kappa shape index (κ1) is 21.0. The van der Waals surface area contributed by atoms with Crippen molar-refractivity contribution in [2.45, 2.75) is 16.9 Å². The van der Waals surface area contributed by atoms with Gasteiger partial charge in [0, 0.05) is 36.9 Å². The number of hydrogen-bond acceptors (Lipinski definition) is 4. The first-order valence-electron chi connectivity index (χ1n) is 8.19. The molecule has 0 aliphatic heterocycles. The number of pyridine rings is 1. The van der Waals surface area contributed by atoms with Crippen molar-refractivity contribution in [3.05, 3.63) is 54.4 Å². The van der Waals surface area contributed by atoms with Crippen LogP contribution in [0.5, 0.6) is 0 Å². The summed E-state index contributed by atoms with van der Waals surface area (Å²) in [4.78, 5) is 20.2. The van der Waals surface area contributed by atoms with Crippen molar-refractivity contribution in [1.29, 1.82) is 0 Å². The molecule has 2 aromatic rings. The van der Waals surface area contributed by atoms with Gasteiger partial charge >= 0.3 is 11.5 Å². The number of anilines is 1. The van der Waals surface area contributed by atoms with Crippen LogP contribution in [0, 0.1) is 0 Å². The maximum Gasteiger partial charge on any atom is 0.446 e. The second kappa shape index (κ2) is 9.61. The van der Waals surface area contributed by atoms with Gasteiger partial charge in [-0.2, -0.15) is 13.2 Å². The molecule has 9 heteroatoms. The average molecular weight is 398 g/mol. The highest BCUT2D eigenvalue weighted by atomic mass is 32.2. The van der Waals surface area contributed by atoms with Crippen LogP contribution >= 0.6 is 11.8 Å². The molecule has 27 heavy (non-hydrogen) atoms. The van der Waals surface area contributed by atoms with Crippen molar-refractivity contribution < 1.29 is 18.0 Å². The van der Waals surface area contributed by atoms with E-state index in [4.69, 9.17) is 0 Å². The smallest absolute Gasteiger partial charge is 0.319 e. The van der Waals surface area contributed by atoms with Crippen LogP contribution in [0.3, 0.4) is 0 Å². The van der Waals surface area contributed by atoms with Crippen molar-refractivity contribution in [2.24, 2.45) is 0 Å².